The Hall–Kier alpha value is -10.2. The number of fused-ring (bicyclic) bond motifs is 12. The lowest BCUT2D eigenvalue weighted by atomic mass is 9.71. The van der Waals surface area contributed by atoms with Crippen molar-refractivity contribution < 1.29 is 8.83 Å². The first-order chi connectivity index (χ1) is 37.7. The number of benzene rings is 11. The van der Waals surface area contributed by atoms with E-state index in [9.17, 15) is 0 Å². The first kappa shape index (κ1) is 42.3. The smallest absolute Gasteiger partial charge is 0.164 e. The molecule has 16 rings (SSSR count). The van der Waals surface area contributed by atoms with Gasteiger partial charge in [0.25, 0.3) is 0 Å². The molecule has 0 radical (unpaired) electrons. The third-order valence-electron chi connectivity index (χ3n) is 15.7. The van der Waals surface area contributed by atoms with Crippen molar-refractivity contribution in [3.8, 4) is 61.8 Å². The Bertz CT molecular complexity index is 4790. The Balaban J connectivity index is 0.958. The normalized spacial score (nSPS) is 12.8. The van der Waals surface area contributed by atoms with Crippen molar-refractivity contribution in [3.63, 3.8) is 0 Å². The van der Waals surface area contributed by atoms with E-state index < -0.39 is 5.41 Å². The average Bonchev–Trinajstić information content (AvgIpc) is 4.44. The molecule has 1 aliphatic carbocycles. The van der Waals surface area contributed by atoms with E-state index in [0.717, 1.165) is 111 Å². The standard InChI is InChI=1S/C70H42N4O2/c1-2-17-43(18-3-1)44-35-37-45(38-36-44)46-39-40-52-51-23-6-11-31-60(51)74(61(52)42-46)48-20-14-19-47(41-48)67-71-68(56-27-16-34-64-65(56)55-25-8-13-33-63(55)75-64)73-69(72-67)70(57-28-9-4-21-49(57)50-22-5-10-29-58(50)70)59-30-15-26-54-53-24-7-12-32-62(53)76-66(54)59/h1-42H. The Morgan fingerprint density at radius 1 is 0.316 bits per heavy atom. The third kappa shape index (κ3) is 6.19. The van der Waals surface area contributed by atoms with E-state index in [4.69, 9.17) is 23.8 Å². The Kier molecular flexibility index (Phi) is 9.15. The van der Waals surface area contributed by atoms with E-state index in [-0.39, 0.29) is 0 Å². The largest absolute Gasteiger partial charge is 0.456 e. The molecule has 6 nitrogen and oxygen atoms in total. The van der Waals surface area contributed by atoms with Crippen molar-refractivity contribution in [2.24, 2.45) is 0 Å². The van der Waals surface area contributed by atoms with Gasteiger partial charge in [0.15, 0.2) is 17.5 Å². The molecule has 4 aromatic heterocycles. The van der Waals surface area contributed by atoms with Crippen molar-refractivity contribution in [1.29, 1.82) is 0 Å². The lowest BCUT2D eigenvalue weighted by molar-refractivity contribution is 0.634. The first-order valence-electron chi connectivity index (χ1n) is 25.7. The predicted molar refractivity (Wildman–Crippen MR) is 308 cm³/mol. The maximum atomic E-state index is 7.00. The molecular formula is C70H42N4O2. The SMILES string of the molecule is c1ccc(-c2ccc(-c3ccc4c5ccccc5n(-c5cccc(-c6nc(-c7cccc8oc9ccccc9c78)nc(C7(c8cccc9c8oc8ccccc89)c8ccccc8-c8ccccc87)n6)c5)c4c3)cc2)cc1. The van der Waals surface area contributed by atoms with E-state index in [0.29, 0.717) is 17.5 Å². The van der Waals surface area contributed by atoms with Crippen molar-refractivity contribution in [2.45, 2.75) is 5.41 Å². The summed E-state index contributed by atoms with van der Waals surface area (Å²) in [5.74, 6) is 1.68. The molecule has 0 N–H and O–H groups in total. The summed E-state index contributed by atoms with van der Waals surface area (Å²) in [7, 11) is 0. The highest BCUT2D eigenvalue weighted by atomic mass is 16.3. The summed E-state index contributed by atoms with van der Waals surface area (Å²) in [5, 5.41) is 6.39. The number of rotatable bonds is 7. The van der Waals surface area contributed by atoms with Crippen LogP contribution in [0.1, 0.15) is 22.5 Å². The van der Waals surface area contributed by atoms with E-state index in [1.165, 1.54) is 21.9 Å². The molecule has 11 aromatic carbocycles. The molecule has 4 heterocycles. The van der Waals surface area contributed by atoms with Crippen molar-refractivity contribution >= 4 is 65.7 Å². The summed E-state index contributed by atoms with van der Waals surface area (Å²) < 4.78 is 15.9. The van der Waals surface area contributed by atoms with Crippen LogP contribution < -0.4 is 0 Å². The summed E-state index contributed by atoms with van der Waals surface area (Å²) in [6.07, 6.45) is 0. The van der Waals surface area contributed by atoms with Crippen LogP contribution in [0.15, 0.2) is 264 Å². The fourth-order valence-corrected chi connectivity index (χ4v) is 12.4. The van der Waals surface area contributed by atoms with Crippen LogP contribution in [-0.4, -0.2) is 19.5 Å². The quantitative estimate of drug-likeness (QED) is 0.159. The molecule has 0 bridgehead atoms. The molecule has 0 spiro atoms. The third-order valence-corrected chi connectivity index (χ3v) is 15.7. The van der Waals surface area contributed by atoms with Crippen LogP contribution in [0, 0.1) is 0 Å². The molecule has 0 saturated carbocycles. The molecule has 0 saturated heterocycles. The molecule has 0 unspecified atom stereocenters. The first-order valence-corrected chi connectivity index (χ1v) is 25.7. The Morgan fingerprint density at radius 2 is 0.855 bits per heavy atom. The van der Waals surface area contributed by atoms with Gasteiger partial charge < -0.3 is 13.4 Å². The minimum atomic E-state index is -1.04. The monoisotopic (exact) mass is 970 g/mol. The van der Waals surface area contributed by atoms with Crippen LogP contribution in [0.4, 0.5) is 0 Å². The fourth-order valence-electron chi connectivity index (χ4n) is 12.4. The van der Waals surface area contributed by atoms with Gasteiger partial charge in [0.2, 0.25) is 0 Å². The topological polar surface area (TPSA) is 69.9 Å². The lowest BCUT2D eigenvalue weighted by Crippen LogP contribution is -2.32. The average molecular weight is 971 g/mol. The van der Waals surface area contributed by atoms with Crippen LogP contribution in [-0.2, 0) is 5.41 Å². The molecular weight excluding hydrogens is 929 g/mol. The van der Waals surface area contributed by atoms with Crippen LogP contribution in [0.5, 0.6) is 0 Å². The minimum Gasteiger partial charge on any atom is -0.456 e. The molecule has 6 heteroatoms. The minimum absolute atomic E-state index is 0.542. The highest BCUT2D eigenvalue weighted by Crippen LogP contribution is 2.57. The van der Waals surface area contributed by atoms with Gasteiger partial charge in [0, 0.05) is 54.7 Å². The number of aromatic nitrogens is 4. The highest BCUT2D eigenvalue weighted by molar-refractivity contribution is 6.13. The number of para-hydroxylation sites is 4. The Morgan fingerprint density at radius 3 is 1.66 bits per heavy atom. The summed E-state index contributed by atoms with van der Waals surface area (Å²) in [5.41, 5.74) is 17.1. The number of hydrogen-bond donors (Lipinski definition) is 0. The molecule has 354 valence electrons. The van der Waals surface area contributed by atoms with Crippen LogP contribution >= 0.6 is 0 Å². The van der Waals surface area contributed by atoms with Crippen molar-refractivity contribution in [3.05, 3.63) is 277 Å². The summed E-state index contributed by atoms with van der Waals surface area (Å²) >= 11 is 0. The van der Waals surface area contributed by atoms with E-state index in [1.54, 1.807) is 0 Å². The lowest BCUT2D eigenvalue weighted by Gasteiger charge is -2.32. The second-order valence-electron chi connectivity index (χ2n) is 19.8. The maximum absolute atomic E-state index is 7.00. The van der Waals surface area contributed by atoms with Crippen LogP contribution in [0.25, 0.3) is 128 Å². The number of nitrogens with zero attached hydrogens (tertiary/aromatic N) is 4. The van der Waals surface area contributed by atoms with E-state index in [1.807, 2.05) is 36.4 Å². The van der Waals surface area contributed by atoms with Crippen LogP contribution in [0.3, 0.4) is 0 Å². The number of hydrogen-bond acceptors (Lipinski definition) is 5. The molecule has 0 aliphatic heterocycles. The van der Waals surface area contributed by atoms with Crippen molar-refractivity contribution in [1.82, 2.24) is 19.5 Å². The Labute approximate surface area is 436 Å². The van der Waals surface area contributed by atoms with Gasteiger partial charge in [0.1, 0.15) is 27.7 Å². The zero-order chi connectivity index (χ0) is 49.9. The van der Waals surface area contributed by atoms with Gasteiger partial charge in [-0.05, 0) is 87.0 Å². The van der Waals surface area contributed by atoms with Gasteiger partial charge in [-0.2, -0.15) is 0 Å². The molecule has 0 amide bonds. The van der Waals surface area contributed by atoms with Crippen LogP contribution in [0.2, 0.25) is 0 Å². The van der Waals surface area contributed by atoms with E-state index >= 15 is 0 Å². The van der Waals surface area contributed by atoms with E-state index in [2.05, 4.69) is 223 Å². The molecule has 76 heavy (non-hydrogen) atoms. The molecule has 0 atom stereocenters. The van der Waals surface area contributed by atoms with Gasteiger partial charge >= 0.3 is 0 Å². The zero-order valence-corrected chi connectivity index (χ0v) is 40.9. The number of furan rings is 2. The second kappa shape index (κ2) is 16.4. The molecule has 1 aliphatic rings. The maximum Gasteiger partial charge on any atom is 0.164 e. The van der Waals surface area contributed by atoms with Crippen molar-refractivity contribution in [2.75, 3.05) is 0 Å². The predicted octanol–water partition coefficient (Wildman–Crippen LogP) is 17.8. The zero-order valence-electron chi connectivity index (χ0n) is 40.9. The molecule has 0 fully saturated rings. The van der Waals surface area contributed by atoms with Gasteiger partial charge in [-0.3, -0.25) is 0 Å². The summed E-state index contributed by atoms with van der Waals surface area (Å²) in [6, 6.07) is 90.1. The fraction of sp³-hybridized carbons (Fsp3) is 0.0143. The molecule has 15 aromatic rings. The second-order valence-corrected chi connectivity index (χ2v) is 19.8. The summed E-state index contributed by atoms with van der Waals surface area (Å²) in [6.45, 7) is 0. The van der Waals surface area contributed by atoms with Gasteiger partial charge in [0.05, 0.1) is 11.0 Å². The van der Waals surface area contributed by atoms with Gasteiger partial charge in [-0.15, -0.1) is 0 Å². The van der Waals surface area contributed by atoms with Gasteiger partial charge in [-0.25, -0.2) is 15.0 Å². The van der Waals surface area contributed by atoms with Gasteiger partial charge in [-0.1, -0.05) is 212 Å². The highest BCUT2D eigenvalue weighted by Gasteiger charge is 2.50. The summed E-state index contributed by atoms with van der Waals surface area (Å²) in [4.78, 5) is 17.1.